The Bertz CT molecular complexity index is 1240. The van der Waals surface area contributed by atoms with Gasteiger partial charge in [0.2, 0.25) is 0 Å². The van der Waals surface area contributed by atoms with E-state index < -0.39 is 0 Å². The van der Waals surface area contributed by atoms with Gasteiger partial charge >= 0.3 is 0 Å². The van der Waals surface area contributed by atoms with Crippen LogP contribution in [0.15, 0.2) is 58.5 Å². The van der Waals surface area contributed by atoms with Gasteiger partial charge in [0.25, 0.3) is 5.56 Å². The minimum absolute atomic E-state index is 0.116. The van der Waals surface area contributed by atoms with Crippen LogP contribution in [0.1, 0.15) is 12.2 Å². The van der Waals surface area contributed by atoms with Crippen molar-refractivity contribution in [3.63, 3.8) is 0 Å². The first-order chi connectivity index (χ1) is 15.2. The van der Waals surface area contributed by atoms with Crippen molar-refractivity contribution in [1.29, 1.82) is 0 Å². The lowest BCUT2D eigenvalue weighted by Gasteiger charge is -2.11. The van der Waals surface area contributed by atoms with Crippen molar-refractivity contribution in [3.8, 4) is 11.4 Å². The van der Waals surface area contributed by atoms with E-state index in [-0.39, 0.29) is 5.56 Å². The van der Waals surface area contributed by atoms with Gasteiger partial charge in [-0.2, -0.15) is 0 Å². The van der Waals surface area contributed by atoms with Gasteiger partial charge in [-0.15, -0.1) is 10.2 Å². The first kappa shape index (κ1) is 21.5. The molecular weight excluding hydrogens is 434 g/mol. The van der Waals surface area contributed by atoms with Crippen LogP contribution in [0.25, 0.3) is 22.3 Å². The minimum Gasteiger partial charge on any atom is -0.385 e. The van der Waals surface area contributed by atoms with Gasteiger partial charge in [0.05, 0.1) is 15.9 Å². The highest BCUT2D eigenvalue weighted by molar-refractivity contribution is 7.99. The highest BCUT2D eigenvalue weighted by Crippen LogP contribution is 2.29. The number of methoxy groups -OCH3 is 1. The fourth-order valence-electron chi connectivity index (χ4n) is 3.30. The van der Waals surface area contributed by atoms with Crippen molar-refractivity contribution in [1.82, 2.24) is 24.7 Å². The summed E-state index contributed by atoms with van der Waals surface area (Å²) in [6.45, 7) is 1.36. The summed E-state index contributed by atoms with van der Waals surface area (Å²) in [5, 5.41) is 10.8. The molecule has 1 N–H and O–H groups in total. The molecule has 2 aromatic carbocycles. The molecule has 0 atom stereocenters. The van der Waals surface area contributed by atoms with Crippen molar-refractivity contribution < 1.29 is 4.74 Å². The van der Waals surface area contributed by atoms with E-state index in [9.17, 15) is 4.79 Å². The van der Waals surface area contributed by atoms with Gasteiger partial charge in [0.15, 0.2) is 11.0 Å². The molecular formula is C22H22ClN5O2S. The first-order valence-electron chi connectivity index (χ1n) is 9.95. The molecule has 0 amide bonds. The van der Waals surface area contributed by atoms with Crippen molar-refractivity contribution in [2.75, 3.05) is 19.5 Å². The average molecular weight is 456 g/mol. The third-order valence-electron chi connectivity index (χ3n) is 4.79. The quantitative estimate of drug-likeness (QED) is 0.300. The topological polar surface area (TPSA) is 85.7 Å². The van der Waals surface area contributed by atoms with E-state index in [1.165, 1.54) is 0 Å². The summed E-state index contributed by atoms with van der Waals surface area (Å²) in [6.07, 6.45) is 1.44. The first-order valence-corrected chi connectivity index (χ1v) is 11.3. The lowest BCUT2D eigenvalue weighted by Crippen LogP contribution is -2.12. The Morgan fingerprint density at radius 3 is 2.77 bits per heavy atom. The average Bonchev–Trinajstić information content (AvgIpc) is 3.17. The zero-order valence-corrected chi connectivity index (χ0v) is 18.6. The number of hydrogen-bond acceptors (Lipinski definition) is 6. The summed E-state index contributed by atoms with van der Waals surface area (Å²) >= 11 is 7.97. The zero-order valence-electron chi connectivity index (χ0n) is 17.0. The highest BCUT2D eigenvalue weighted by atomic mass is 35.5. The maximum Gasteiger partial charge on any atom is 0.258 e. The number of halogens is 1. The number of hydrogen-bond donors (Lipinski definition) is 1. The van der Waals surface area contributed by atoms with Crippen molar-refractivity contribution in [3.05, 3.63) is 69.7 Å². The lowest BCUT2D eigenvalue weighted by atomic mass is 10.2. The molecule has 9 heteroatoms. The van der Waals surface area contributed by atoms with E-state index in [2.05, 4.69) is 24.7 Å². The number of fused-ring (bicyclic) bond motifs is 1. The Labute approximate surface area is 188 Å². The van der Waals surface area contributed by atoms with Crippen LogP contribution in [-0.2, 0) is 17.7 Å². The van der Waals surface area contributed by atoms with E-state index in [1.807, 2.05) is 42.5 Å². The molecule has 0 aliphatic carbocycles. The van der Waals surface area contributed by atoms with Crippen LogP contribution >= 0.6 is 23.4 Å². The SMILES string of the molecule is COCCCn1c(SCCc2nc3ccccc3c(=O)[nH]2)nnc1-c1ccccc1Cl. The number of para-hydroxylation sites is 1. The maximum atomic E-state index is 12.3. The van der Waals surface area contributed by atoms with Crippen LogP contribution in [0.2, 0.25) is 5.02 Å². The summed E-state index contributed by atoms with van der Waals surface area (Å²) in [5.74, 6) is 2.10. The van der Waals surface area contributed by atoms with Crippen LogP contribution in [0, 0.1) is 0 Å². The second-order valence-electron chi connectivity index (χ2n) is 6.91. The van der Waals surface area contributed by atoms with Crippen LogP contribution in [-0.4, -0.2) is 44.2 Å². The summed E-state index contributed by atoms with van der Waals surface area (Å²) in [5.41, 5.74) is 1.44. The van der Waals surface area contributed by atoms with E-state index in [1.54, 1.807) is 24.9 Å². The number of aromatic nitrogens is 5. The molecule has 0 spiro atoms. The fourth-order valence-corrected chi connectivity index (χ4v) is 4.43. The van der Waals surface area contributed by atoms with Gasteiger partial charge in [-0.25, -0.2) is 4.98 Å². The van der Waals surface area contributed by atoms with Gasteiger partial charge in [-0.1, -0.05) is 47.6 Å². The van der Waals surface area contributed by atoms with Crippen molar-refractivity contribution in [2.24, 2.45) is 0 Å². The number of thioether (sulfide) groups is 1. The summed E-state index contributed by atoms with van der Waals surface area (Å²) < 4.78 is 7.28. The van der Waals surface area contributed by atoms with Gasteiger partial charge in [0, 0.05) is 38.0 Å². The molecule has 0 aliphatic heterocycles. The second-order valence-corrected chi connectivity index (χ2v) is 8.38. The number of ether oxygens (including phenoxy) is 1. The van der Waals surface area contributed by atoms with E-state index in [0.29, 0.717) is 40.5 Å². The Hall–Kier alpha value is -2.68. The van der Waals surface area contributed by atoms with E-state index in [0.717, 1.165) is 29.5 Å². The van der Waals surface area contributed by atoms with Crippen molar-refractivity contribution in [2.45, 2.75) is 24.5 Å². The number of aromatic amines is 1. The van der Waals surface area contributed by atoms with Gasteiger partial charge in [-0.3, -0.25) is 4.79 Å². The largest absolute Gasteiger partial charge is 0.385 e. The molecule has 4 rings (SSSR count). The standard InChI is InChI=1S/C22H22ClN5O2S/c1-30-13-6-12-28-20(15-7-2-4-9-17(15)23)26-27-22(28)31-14-11-19-24-18-10-5-3-8-16(18)21(29)25-19/h2-5,7-10H,6,11-14H2,1H3,(H,24,25,29). The molecule has 0 bridgehead atoms. The molecule has 2 heterocycles. The molecule has 160 valence electrons. The van der Waals surface area contributed by atoms with Gasteiger partial charge < -0.3 is 14.3 Å². The molecule has 7 nitrogen and oxygen atoms in total. The number of benzene rings is 2. The molecule has 0 radical (unpaired) electrons. The summed E-state index contributed by atoms with van der Waals surface area (Å²) in [4.78, 5) is 19.7. The number of aryl methyl sites for hydroxylation is 1. The van der Waals surface area contributed by atoms with Gasteiger partial charge in [0.1, 0.15) is 5.82 Å². The normalized spacial score (nSPS) is 11.3. The molecule has 0 aliphatic rings. The zero-order chi connectivity index (χ0) is 21.6. The van der Waals surface area contributed by atoms with Crippen LogP contribution in [0.4, 0.5) is 0 Å². The second kappa shape index (κ2) is 10.1. The van der Waals surface area contributed by atoms with Crippen LogP contribution in [0.5, 0.6) is 0 Å². The molecule has 4 aromatic rings. The summed E-state index contributed by atoms with van der Waals surface area (Å²) in [6, 6.07) is 15.0. The fraction of sp³-hybridized carbons (Fsp3) is 0.273. The summed E-state index contributed by atoms with van der Waals surface area (Å²) in [7, 11) is 1.69. The van der Waals surface area contributed by atoms with Gasteiger partial charge in [-0.05, 0) is 30.7 Å². The van der Waals surface area contributed by atoms with E-state index in [4.69, 9.17) is 16.3 Å². The molecule has 2 aromatic heterocycles. The minimum atomic E-state index is -0.116. The van der Waals surface area contributed by atoms with Crippen molar-refractivity contribution >= 4 is 34.3 Å². The molecule has 0 unspecified atom stereocenters. The molecule has 0 saturated heterocycles. The number of rotatable bonds is 9. The van der Waals surface area contributed by atoms with Crippen LogP contribution < -0.4 is 5.56 Å². The predicted octanol–water partition coefficient (Wildman–Crippen LogP) is 4.21. The molecule has 0 saturated carbocycles. The Morgan fingerprint density at radius 2 is 1.94 bits per heavy atom. The Morgan fingerprint density at radius 1 is 1.13 bits per heavy atom. The lowest BCUT2D eigenvalue weighted by molar-refractivity contribution is 0.189. The maximum absolute atomic E-state index is 12.3. The predicted molar refractivity (Wildman–Crippen MR) is 124 cm³/mol. The molecule has 31 heavy (non-hydrogen) atoms. The monoisotopic (exact) mass is 455 g/mol. The van der Waals surface area contributed by atoms with Crippen LogP contribution in [0.3, 0.4) is 0 Å². The third-order valence-corrected chi connectivity index (χ3v) is 6.09. The van der Waals surface area contributed by atoms with E-state index >= 15 is 0 Å². The Balaban J connectivity index is 1.53. The smallest absolute Gasteiger partial charge is 0.258 e. The number of nitrogens with one attached hydrogen (secondary N) is 1. The third kappa shape index (κ3) is 4.98. The molecule has 0 fully saturated rings. The number of H-pyrrole nitrogens is 1. The Kier molecular flexibility index (Phi) is 7.01. The number of nitrogens with zero attached hydrogens (tertiary/aromatic N) is 4. The highest BCUT2D eigenvalue weighted by Gasteiger charge is 2.16.